The minimum absolute atomic E-state index is 0. The summed E-state index contributed by atoms with van der Waals surface area (Å²) >= 11 is 0. The van der Waals surface area contributed by atoms with Gasteiger partial charge in [-0.15, -0.1) is 12.4 Å². The van der Waals surface area contributed by atoms with E-state index in [1.165, 1.54) is 6.92 Å². The van der Waals surface area contributed by atoms with E-state index < -0.39 is 0 Å². The van der Waals surface area contributed by atoms with Crippen LogP contribution in [0.15, 0.2) is 18.2 Å². The Bertz CT molecular complexity index is 555. The first-order chi connectivity index (χ1) is 10.5. The zero-order valence-electron chi connectivity index (χ0n) is 13.9. The maximum atomic E-state index is 12.5. The first-order valence-corrected chi connectivity index (χ1v) is 7.68. The molecule has 1 fully saturated rings. The largest absolute Gasteiger partial charge is 0.496 e. The number of ether oxygens (including phenoxy) is 1. The summed E-state index contributed by atoms with van der Waals surface area (Å²) in [6.45, 7) is 3.08. The summed E-state index contributed by atoms with van der Waals surface area (Å²) in [5.41, 5.74) is 1.38. The fourth-order valence-corrected chi connectivity index (χ4v) is 2.83. The van der Waals surface area contributed by atoms with Crippen molar-refractivity contribution in [3.63, 3.8) is 0 Å². The molecule has 1 aliphatic heterocycles. The highest BCUT2D eigenvalue weighted by atomic mass is 35.5. The molecule has 0 aromatic heterocycles. The molecule has 1 aromatic rings. The van der Waals surface area contributed by atoms with E-state index in [1.54, 1.807) is 25.3 Å². The molecule has 0 aliphatic carbocycles. The second-order valence-electron chi connectivity index (χ2n) is 5.70. The SMILES string of the molecule is CNC1CCN(C(=O)Cc2cc(C(C)=O)ccc2OC)CC1.Cl. The Labute approximate surface area is 143 Å². The Morgan fingerprint density at radius 1 is 1.30 bits per heavy atom. The Morgan fingerprint density at radius 3 is 2.48 bits per heavy atom. The van der Waals surface area contributed by atoms with Gasteiger partial charge < -0.3 is 15.0 Å². The van der Waals surface area contributed by atoms with Crippen LogP contribution in [-0.2, 0) is 11.2 Å². The monoisotopic (exact) mass is 340 g/mol. The third-order valence-corrected chi connectivity index (χ3v) is 4.28. The van der Waals surface area contributed by atoms with Gasteiger partial charge in [0.1, 0.15) is 5.75 Å². The molecule has 0 spiro atoms. The van der Waals surface area contributed by atoms with Gasteiger partial charge in [0.2, 0.25) is 5.91 Å². The molecule has 128 valence electrons. The molecule has 1 saturated heterocycles. The zero-order chi connectivity index (χ0) is 16.1. The number of carbonyl (C=O) groups excluding carboxylic acids is 2. The third kappa shape index (κ3) is 4.94. The van der Waals surface area contributed by atoms with Crippen LogP contribution in [0.1, 0.15) is 35.7 Å². The maximum Gasteiger partial charge on any atom is 0.227 e. The molecular weight excluding hydrogens is 316 g/mol. The Hall–Kier alpha value is -1.59. The lowest BCUT2D eigenvalue weighted by atomic mass is 10.0. The number of piperidine rings is 1. The molecule has 6 heteroatoms. The summed E-state index contributed by atoms with van der Waals surface area (Å²) in [4.78, 5) is 25.9. The van der Waals surface area contributed by atoms with Crippen molar-refractivity contribution in [1.29, 1.82) is 0 Å². The van der Waals surface area contributed by atoms with Gasteiger partial charge in [0.25, 0.3) is 0 Å². The number of nitrogens with one attached hydrogen (secondary N) is 1. The Balaban J connectivity index is 0.00000264. The van der Waals surface area contributed by atoms with Crippen molar-refractivity contribution in [3.05, 3.63) is 29.3 Å². The fraction of sp³-hybridized carbons (Fsp3) is 0.529. The molecule has 1 amide bonds. The predicted molar refractivity (Wildman–Crippen MR) is 92.6 cm³/mol. The first kappa shape index (κ1) is 19.5. The number of ketones is 1. The van der Waals surface area contributed by atoms with E-state index in [2.05, 4.69) is 5.32 Å². The van der Waals surface area contributed by atoms with Crippen molar-refractivity contribution in [2.24, 2.45) is 0 Å². The van der Waals surface area contributed by atoms with E-state index in [9.17, 15) is 9.59 Å². The van der Waals surface area contributed by atoms with E-state index >= 15 is 0 Å². The number of halogens is 1. The molecule has 2 rings (SSSR count). The standard InChI is InChI=1S/C17H24N2O3.ClH/c1-12(20)13-4-5-16(22-3)14(10-13)11-17(21)19-8-6-15(18-2)7-9-19;/h4-5,10,15,18H,6-9,11H2,1-3H3;1H. The number of methoxy groups -OCH3 is 1. The number of hydrogen-bond acceptors (Lipinski definition) is 4. The zero-order valence-corrected chi connectivity index (χ0v) is 14.7. The number of Topliss-reactive ketones (excluding diaryl/α,β-unsaturated/α-hetero) is 1. The second kappa shape index (κ2) is 8.89. The van der Waals surface area contributed by atoms with Crippen LogP contribution in [-0.4, -0.2) is 49.9 Å². The van der Waals surface area contributed by atoms with E-state index in [-0.39, 0.29) is 30.5 Å². The molecule has 1 heterocycles. The Kier molecular flexibility index (Phi) is 7.52. The third-order valence-electron chi connectivity index (χ3n) is 4.28. The number of amides is 1. The summed E-state index contributed by atoms with van der Waals surface area (Å²) in [5, 5.41) is 3.26. The molecule has 1 N–H and O–H groups in total. The lowest BCUT2D eigenvalue weighted by molar-refractivity contribution is -0.131. The topological polar surface area (TPSA) is 58.6 Å². The fourth-order valence-electron chi connectivity index (χ4n) is 2.83. The smallest absolute Gasteiger partial charge is 0.227 e. The van der Waals surface area contributed by atoms with E-state index in [4.69, 9.17) is 4.74 Å². The number of carbonyl (C=O) groups is 2. The van der Waals surface area contributed by atoms with E-state index in [1.807, 2.05) is 11.9 Å². The van der Waals surface area contributed by atoms with Crippen molar-refractivity contribution in [2.45, 2.75) is 32.2 Å². The van der Waals surface area contributed by atoms with Gasteiger partial charge in [-0.05, 0) is 45.0 Å². The summed E-state index contributed by atoms with van der Waals surface area (Å²) < 4.78 is 5.31. The van der Waals surface area contributed by atoms with Gasteiger partial charge >= 0.3 is 0 Å². The van der Waals surface area contributed by atoms with E-state index in [0.29, 0.717) is 17.4 Å². The second-order valence-corrected chi connectivity index (χ2v) is 5.70. The number of benzene rings is 1. The summed E-state index contributed by atoms with van der Waals surface area (Å²) in [5.74, 6) is 0.739. The molecule has 0 atom stereocenters. The van der Waals surface area contributed by atoms with Gasteiger partial charge in [0.05, 0.1) is 13.5 Å². The van der Waals surface area contributed by atoms with Crippen molar-refractivity contribution >= 4 is 24.1 Å². The number of nitrogens with zero attached hydrogens (tertiary/aromatic N) is 1. The molecule has 0 bridgehead atoms. The van der Waals surface area contributed by atoms with Gasteiger partial charge in [-0.3, -0.25) is 9.59 Å². The molecule has 0 saturated carbocycles. The molecule has 5 nitrogen and oxygen atoms in total. The van der Waals surface area contributed by atoms with Crippen LogP contribution in [0.4, 0.5) is 0 Å². The Morgan fingerprint density at radius 2 is 1.96 bits per heavy atom. The van der Waals surface area contributed by atoms with Crippen molar-refractivity contribution in [2.75, 3.05) is 27.2 Å². The lowest BCUT2D eigenvalue weighted by Crippen LogP contribution is -2.44. The highest BCUT2D eigenvalue weighted by Crippen LogP contribution is 2.22. The number of hydrogen-bond donors (Lipinski definition) is 1. The van der Waals surface area contributed by atoms with Crippen LogP contribution in [0, 0.1) is 0 Å². The average Bonchev–Trinajstić information content (AvgIpc) is 2.54. The minimum Gasteiger partial charge on any atom is -0.496 e. The van der Waals surface area contributed by atoms with Crippen LogP contribution >= 0.6 is 12.4 Å². The summed E-state index contributed by atoms with van der Waals surface area (Å²) in [7, 11) is 3.54. The van der Waals surface area contributed by atoms with Gasteiger partial charge in [-0.25, -0.2) is 0 Å². The summed E-state index contributed by atoms with van der Waals surface area (Å²) in [6, 6.07) is 5.75. The number of rotatable bonds is 5. The quantitative estimate of drug-likeness (QED) is 0.834. The van der Waals surface area contributed by atoms with Crippen LogP contribution in [0.2, 0.25) is 0 Å². The molecule has 0 unspecified atom stereocenters. The molecule has 1 aliphatic rings. The van der Waals surface area contributed by atoms with Crippen LogP contribution in [0.5, 0.6) is 5.75 Å². The van der Waals surface area contributed by atoms with Gasteiger partial charge in [0, 0.05) is 30.3 Å². The molecule has 1 aromatic carbocycles. The van der Waals surface area contributed by atoms with Crippen molar-refractivity contribution in [1.82, 2.24) is 10.2 Å². The van der Waals surface area contributed by atoms with Crippen LogP contribution in [0.25, 0.3) is 0 Å². The van der Waals surface area contributed by atoms with E-state index in [0.717, 1.165) is 31.5 Å². The first-order valence-electron chi connectivity index (χ1n) is 7.68. The lowest BCUT2D eigenvalue weighted by Gasteiger charge is -2.32. The average molecular weight is 341 g/mol. The predicted octanol–water partition coefficient (Wildman–Crippen LogP) is 2.07. The van der Waals surface area contributed by atoms with Crippen molar-refractivity contribution in [3.8, 4) is 5.75 Å². The van der Waals surface area contributed by atoms with Gasteiger partial charge in [-0.1, -0.05) is 0 Å². The van der Waals surface area contributed by atoms with Gasteiger partial charge in [-0.2, -0.15) is 0 Å². The highest BCUT2D eigenvalue weighted by Gasteiger charge is 2.22. The van der Waals surface area contributed by atoms with Gasteiger partial charge in [0.15, 0.2) is 5.78 Å². The van der Waals surface area contributed by atoms with Crippen LogP contribution in [0.3, 0.4) is 0 Å². The van der Waals surface area contributed by atoms with Crippen LogP contribution < -0.4 is 10.1 Å². The van der Waals surface area contributed by atoms with Crippen molar-refractivity contribution < 1.29 is 14.3 Å². The molecule has 23 heavy (non-hydrogen) atoms. The normalized spacial score (nSPS) is 15.0. The molecule has 0 radical (unpaired) electrons. The summed E-state index contributed by atoms with van der Waals surface area (Å²) in [6.07, 6.45) is 2.23. The number of likely N-dealkylation sites (tertiary alicyclic amines) is 1. The maximum absolute atomic E-state index is 12.5. The minimum atomic E-state index is -0.00816. The molecular formula is C17H25ClN2O3. The highest BCUT2D eigenvalue weighted by molar-refractivity contribution is 5.94.